The zero-order chi connectivity index (χ0) is 22.9. The lowest BCUT2D eigenvalue weighted by Gasteiger charge is -2.11. The molecule has 0 bridgehead atoms. The van der Waals surface area contributed by atoms with Crippen molar-refractivity contribution in [3.8, 4) is 5.75 Å². The molecule has 0 saturated heterocycles. The van der Waals surface area contributed by atoms with E-state index in [0.717, 1.165) is 5.56 Å². The lowest BCUT2D eigenvalue weighted by Crippen LogP contribution is -2.22. The van der Waals surface area contributed by atoms with E-state index >= 15 is 0 Å². The fourth-order valence-corrected chi connectivity index (χ4v) is 3.15. The highest BCUT2D eigenvalue weighted by Gasteiger charge is 2.16. The van der Waals surface area contributed by atoms with Gasteiger partial charge in [-0.25, -0.2) is 4.79 Å². The fourth-order valence-electron chi connectivity index (χ4n) is 2.90. The maximum atomic E-state index is 12.5. The van der Waals surface area contributed by atoms with Crippen LogP contribution in [0, 0.1) is 0 Å². The Balaban J connectivity index is 1.57. The first-order valence-electron chi connectivity index (χ1n) is 9.69. The molecule has 3 rings (SSSR count). The van der Waals surface area contributed by atoms with Gasteiger partial charge in [0, 0.05) is 5.69 Å². The number of esters is 1. The number of carbonyl (C=O) groups is 3. The van der Waals surface area contributed by atoms with Gasteiger partial charge in [0.15, 0.2) is 6.61 Å². The van der Waals surface area contributed by atoms with E-state index in [-0.39, 0.29) is 17.9 Å². The molecule has 0 aliphatic rings. The SMILES string of the molecule is COc1ccc(NC(=O)COC(=O)c2ccccc2NC(=O)Cc2ccccc2)cc1Cl. The minimum Gasteiger partial charge on any atom is -0.495 e. The fraction of sp³-hybridized carbons (Fsp3) is 0.125. The van der Waals surface area contributed by atoms with Crippen molar-refractivity contribution in [1.29, 1.82) is 0 Å². The van der Waals surface area contributed by atoms with Crippen molar-refractivity contribution in [1.82, 2.24) is 0 Å². The zero-order valence-corrected chi connectivity index (χ0v) is 18.0. The Morgan fingerprint density at radius 3 is 2.31 bits per heavy atom. The second-order valence-electron chi connectivity index (χ2n) is 6.73. The third kappa shape index (κ3) is 6.33. The van der Waals surface area contributed by atoms with E-state index in [9.17, 15) is 14.4 Å². The minimum absolute atomic E-state index is 0.147. The van der Waals surface area contributed by atoms with Gasteiger partial charge < -0.3 is 20.1 Å². The second-order valence-corrected chi connectivity index (χ2v) is 7.14. The van der Waals surface area contributed by atoms with Crippen molar-refractivity contribution in [2.24, 2.45) is 0 Å². The van der Waals surface area contributed by atoms with Gasteiger partial charge in [-0.2, -0.15) is 0 Å². The smallest absolute Gasteiger partial charge is 0.340 e. The molecular weight excluding hydrogens is 432 g/mol. The first-order chi connectivity index (χ1) is 15.5. The largest absolute Gasteiger partial charge is 0.495 e. The maximum absolute atomic E-state index is 12.5. The summed E-state index contributed by atoms with van der Waals surface area (Å²) in [6, 6.07) is 20.4. The number of hydrogen-bond acceptors (Lipinski definition) is 5. The number of anilines is 2. The lowest BCUT2D eigenvalue weighted by molar-refractivity contribution is -0.119. The minimum atomic E-state index is -0.733. The Morgan fingerprint density at radius 2 is 1.59 bits per heavy atom. The molecule has 8 heteroatoms. The van der Waals surface area contributed by atoms with E-state index in [4.69, 9.17) is 21.1 Å². The Hall–Kier alpha value is -3.84. The van der Waals surface area contributed by atoms with Crippen LogP contribution in [0.2, 0.25) is 5.02 Å². The van der Waals surface area contributed by atoms with Crippen molar-refractivity contribution in [3.63, 3.8) is 0 Å². The average molecular weight is 453 g/mol. The van der Waals surface area contributed by atoms with Gasteiger partial charge in [-0.1, -0.05) is 54.1 Å². The summed E-state index contributed by atoms with van der Waals surface area (Å²) in [6.45, 7) is -0.505. The van der Waals surface area contributed by atoms with Crippen LogP contribution in [0.15, 0.2) is 72.8 Å². The molecule has 0 unspecified atom stereocenters. The maximum Gasteiger partial charge on any atom is 0.340 e. The molecule has 7 nitrogen and oxygen atoms in total. The third-order valence-electron chi connectivity index (χ3n) is 4.40. The Kier molecular flexibility index (Phi) is 7.83. The van der Waals surface area contributed by atoms with Crippen LogP contribution in [0.4, 0.5) is 11.4 Å². The second kappa shape index (κ2) is 11.0. The van der Waals surface area contributed by atoms with Gasteiger partial charge in [-0.05, 0) is 35.9 Å². The van der Waals surface area contributed by atoms with Gasteiger partial charge in [-0.3, -0.25) is 9.59 Å². The predicted octanol–water partition coefficient (Wildman–Crippen LogP) is 4.33. The highest BCUT2D eigenvalue weighted by Crippen LogP contribution is 2.27. The normalized spacial score (nSPS) is 10.2. The highest BCUT2D eigenvalue weighted by atomic mass is 35.5. The number of rotatable bonds is 8. The van der Waals surface area contributed by atoms with Crippen molar-refractivity contribution < 1.29 is 23.9 Å². The molecule has 0 fully saturated rings. The molecule has 2 N–H and O–H groups in total. The summed E-state index contributed by atoms with van der Waals surface area (Å²) in [5, 5.41) is 5.64. The van der Waals surface area contributed by atoms with Crippen LogP contribution < -0.4 is 15.4 Å². The Labute approximate surface area is 190 Å². The quantitative estimate of drug-likeness (QED) is 0.496. The lowest BCUT2D eigenvalue weighted by atomic mass is 10.1. The van der Waals surface area contributed by atoms with E-state index in [1.165, 1.54) is 19.2 Å². The van der Waals surface area contributed by atoms with Crippen LogP contribution >= 0.6 is 11.6 Å². The molecule has 0 spiro atoms. The number of hydrogen-bond donors (Lipinski definition) is 2. The molecular formula is C24H21ClN2O5. The summed E-state index contributed by atoms with van der Waals surface area (Å²) in [7, 11) is 1.49. The summed E-state index contributed by atoms with van der Waals surface area (Å²) >= 11 is 6.03. The number of amides is 2. The molecule has 3 aromatic rings. The first kappa shape index (κ1) is 22.8. The average Bonchev–Trinajstić information content (AvgIpc) is 2.78. The highest BCUT2D eigenvalue weighted by molar-refractivity contribution is 6.32. The van der Waals surface area contributed by atoms with E-state index in [2.05, 4.69) is 10.6 Å². The van der Waals surface area contributed by atoms with Crippen molar-refractivity contribution in [2.45, 2.75) is 6.42 Å². The van der Waals surface area contributed by atoms with Crippen molar-refractivity contribution in [3.05, 3.63) is 88.9 Å². The van der Waals surface area contributed by atoms with Gasteiger partial charge in [0.25, 0.3) is 5.91 Å². The van der Waals surface area contributed by atoms with Crippen LogP contribution in [-0.2, 0) is 20.7 Å². The van der Waals surface area contributed by atoms with Gasteiger partial charge in [0.2, 0.25) is 5.91 Å². The molecule has 32 heavy (non-hydrogen) atoms. The third-order valence-corrected chi connectivity index (χ3v) is 4.69. The number of carbonyl (C=O) groups excluding carboxylic acids is 3. The molecule has 0 aliphatic heterocycles. The summed E-state index contributed by atoms with van der Waals surface area (Å²) in [5.41, 5.74) is 1.74. The number of nitrogens with one attached hydrogen (secondary N) is 2. The van der Waals surface area contributed by atoms with E-state index in [1.807, 2.05) is 30.3 Å². The number of para-hydroxylation sites is 1. The standard InChI is InChI=1S/C24H21ClN2O5/c1-31-21-12-11-17(14-19(21)25)26-23(29)15-32-24(30)18-9-5-6-10-20(18)27-22(28)13-16-7-3-2-4-8-16/h2-12,14H,13,15H2,1H3,(H,26,29)(H,27,28). The van der Waals surface area contributed by atoms with Crippen LogP contribution in [0.25, 0.3) is 0 Å². The molecule has 0 saturated carbocycles. The summed E-state index contributed by atoms with van der Waals surface area (Å²) in [6.07, 6.45) is 0.164. The van der Waals surface area contributed by atoms with Crippen LogP contribution in [-0.4, -0.2) is 31.5 Å². The number of methoxy groups -OCH3 is 1. The van der Waals surface area contributed by atoms with E-state index in [0.29, 0.717) is 22.1 Å². The molecule has 2 amide bonds. The van der Waals surface area contributed by atoms with Crippen molar-refractivity contribution >= 4 is 40.8 Å². The molecule has 3 aromatic carbocycles. The Bertz CT molecular complexity index is 1120. The molecule has 0 atom stereocenters. The summed E-state index contributed by atoms with van der Waals surface area (Å²) in [4.78, 5) is 37.0. The van der Waals surface area contributed by atoms with Crippen LogP contribution in [0.1, 0.15) is 15.9 Å². The number of halogens is 1. The van der Waals surface area contributed by atoms with Crippen LogP contribution in [0.3, 0.4) is 0 Å². The zero-order valence-electron chi connectivity index (χ0n) is 17.3. The molecule has 0 heterocycles. The predicted molar refractivity (Wildman–Crippen MR) is 122 cm³/mol. The first-order valence-corrected chi connectivity index (χ1v) is 10.1. The van der Waals surface area contributed by atoms with Crippen molar-refractivity contribution in [2.75, 3.05) is 24.4 Å². The van der Waals surface area contributed by atoms with Gasteiger partial charge in [0.1, 0.15) is 5.75 Å². The van der Waals surface area contributed by atoms with E-state index in [1.54, 1.807) is 30.3 Å². The number of benzene rings is 3. The van der Waals surface area contributed by atoms with Gasteiger partial charge in [-0.15, -0.1) is 0 Å². The molecule has 0 aromatic heterocycles. The summed E-state index contributed by atoms with van der Waals surface area (Å²) < 4.78 is 10.2. The monoisotopic (exact) mass is 452 g/mol. The number of ether oxygens (including phenoxy) is 2. The van der Waals surface area contributed by atoms with E-state index < -0.39 is 18.5 Å². The Morgan fingerprint density at radius 1 is 0.875 bits per heavy atom. The summed E-state index contributed by atoms with van der Waals surface area (Å²) in [5.74, 6) is -1.07. The van der Waals surface area contributed by atoms with Gasteiger partial charge >= 0.3 is 5.97 Å². The van der Waals surface area contributed by atoms with Gasteiger partial charge in [0.05, 0.1) is 29.8 Å². The topological polar surface area (TPSA) is 93.7 Å². The molecule has 164 valence electrons. The molecule has 0 aliphatic carbocycles. The molecule has 0 radical (unpaired) electrons. The van der Waals surface area contributed by atoms with Crippen LogP contribution in [0.5, 0.6) is 5.75 Å².